The van der Waals surface area contributed by atoms with Crippen LogP contribution in [-0.4, -0.2) is 4.98 Å². The average Bonchev–Trinajstić information content (AvgIpc) is 1.77. The fourth-order valence-corrected chi connectivity index (χ4v) is 0.670. The maximum atomic E-state index is 3.93. The number of nitrogens with zero attached hydrogens (tertiary/aromatic N) is 1. The van der Waals surface area contributed by atoms with E-state index in [4.69, 9.17) is 0 Å². The van der Waals surface area contributed by atoms with Crippen molar-refractivity contribution in [1.29, 1.82) is 0 Å². The number of hydrogen-bond donors (Lipinski definition) is 0. The molecule has 1 aromatic heterocycles. The number of hydrogen-bond acceptors (Lipinski definition) is 1. The first-order chi connectivity index (χ1) is 3.80. The Balaban J connectivity index is 3.13. The molecule has 2 heteroatoms. The van der Waals surface area contributed by atoms with Gasteiger partial charge in [-0.3, -0.25) is 0 Å². The lowest BCUT2D eigenvalue weighted by molar-refractivity contribution is 1.25. The van der Waals surface area contributed by atoms with Gasteiger partial charge in [-0.05, 0) is 34.5 Å². The molecule has 1 rings (SSSR count). The molecule has 0 fully saturated rings. The number of aromatic nitrogens is 1. The fourth-order valence-electron chi connectivity index (χ4n) is 0.419. The standard InChI is InChI=1S/C6H5BrN/c1-5-3-2-4-8-6(5)7/h2-4H,1H2. The molecule has 0 aliphatic carbocycles. The summed E-state index contributed by atoms with van der Waals surface area (Å²) >= 11 is 3.22. The van der Waals surface area contributed by atoms with Gasteiger partial charge in [0.1, 0.15) is 4.60 Å². The van der Waals surface area contributed by atoms with Gasteiger partial charge < -0.3 is 0 Å². The second-order valence-corrected chi connectivity index (χ2v) is 2.20. The summed E-state index contributed by atoms with van der Waals surface area (Å²) in [6.07, 6.45) is 1.72. The summed E-state index contributed by atoms with van der Waals surface area (Å²) in [6.45, 7) is 3.71. The predicted molar refractivity (Wildman–Crippen MR) is 36.4 cm³/mol. The Morgan fingerprint density at radius 1 is 1.62 bits per heavy atom. The van der Waals surface area contributed by atoms with Gasteiger partial charge >= 0.3 is 0 Å². The molecule has 0 bridgehead atoms. The molecular weight excluding hydrogens is 166 g/mol. The monoisotopic (exact) mass is 170 g/mol. The summed E-state index contributed by atoms with van der Waals surface area (Å²) in [5.41, 5.74) is 0.924. The van der Waals surface area contributed by atoms with Gasteiger partial charge in [0.25, 0.3) is 0 Å². The van der Waals surface area contributed by atoms with E-state index in [1.54, 1.807) is 6.20 Å². The van der Waals surface area contributed by atoms with Crippen molar-refractivity contribution in [2.24, 2.45) is 0 Å². The Hall–Kier alpha value is -0.370. The van der Waals surface area contributed by atoms with Gasteiger partial charge in [-0.2, -0.15) is 0 Å². The van der Waals surface area contributed by atoms with E-state index < -0.39 is 0 Å². The SMILES string of the molecule is [CH2]c1cccnc1Br. The molecule has 41 valence electrons. The normalized spacial score (nSPS) is 9.25. The third kappa shape index (κ3) is 1.07. The summed E-state index contributed by atoms with van der Waals surface area (Å²) in [5.74, 6) is 0. The smallest absolute Gasteiger partial charge is 0.109 e. The molecule has 1 heterocycles. The Kier molecular flexibility index (Phi) is 1.63. The van der Waals surface area contributed by atoms with Crippen molar-refractivity contribution in [3.63, 3.8) is 0 Å². The lowest BCUT2D eigenvalue weighted by Crippen LogP contribution is -1.76. The molecule has 0 N–H and O–H groups in total. The maximum absolute atomic E-state index is 3.93. The van der Waals surface area contributed by atoms with Crippen molar-refractivity contribution < 1.29 is 0 Å². The highest BCUT2D eigenvalue weighted by atomic mass is 79.9. The van der Waals surface area contributed by atoms with Gasteiger partial charge in [-0.25, -0.2) is 4.98 Å². The van der Waals surface area contributed by atoms with Crippen molar-refractivity contribution in [2.45, 2.75) is 0 Å². The zero-order valence-electron chi connectivity index (χ0n) is 4.26. The summed E-state index contributed by atoms with van der Waals surface area (Å²) in [7, 11) is 0. The van der Waals surface area contributed by atoms with E-state index in [9.17, 15) is 0 Å². The van der Waals surface area contributed by atoms with E-state index >= 15 is 0 Å². The van der Waals surface area contributed by atoms with Gasteiger partial charge in [0, 0.05) is 6.20 Å². The van der Waals surface area contributed by atoms with Crippen molar-refractivity contribution in [2.75, 3.05) is 0 Å². The first-order valence-corrected chi connectivity index (χ1v) is 3.02. The van der Waals surface area contributed by atoms with Crippen LogP contribution in [0, 0.1) is 6.92 Å². The minimum absolute atomic E-state index is 0.819. The quantitative estimate of drug-likeness (QED) is 0.544. The fraction of sp³-hybridized carbons (Fsp3) is 0. The Morgan fingerprint density at radius 2 is 2.38 bits per heavy atom. The molecule has 0 aromatic carbocycles. The van der Waals surface area contributed by atoms with Crippen molar-refractivity contribution in [3.8, 4) is 0 Å². The van der Waals surface area contributed by atoms with Gasteiger partial charge in [0.15, 0.2) is 0 Å². The Morgan fingerprint density at radius 3 is 2.75 bits per heavy atom. The van der Waals surface area contributed by atoms with Crippen LogP contribution in [-0.2, 0) is 0 Å². The molecule has 0 spiro atoms. The van der Waals surface area contributed by atoms with Crippen LogP contribution in [0.3, 0.4) is 0 Å². The average molecular weight is 171 g/mol. The molecule has 1 aromatic rings. The molecule has 0 atom stereocenters. The first-order valence-electron chi connectivity index (χ1n) is 2.23. The third-order valence-corrected chi connectivity index (χ3v) is 1.55. The van der Waals surface area contributed by atoms with E-state index in [1.807, 2.05) is 12.1 Å². The second kappa shape index (κ2) is 2.27. The highest BCUT2D eigenvalue weighted by molar-refractivity contribution is 9.10. The second-order valence-electron chi connectivity index (χ2n) is 1.45. The zero-order chi connectivity index (χ0) is 5.98. The molecule has 0 amide bonds. The lowest BCUT2D eigenvalue weighted by Gasteiger charge is -1.90. The number of halogens is 1. The third-order valence-electron chi connectivity index (χ3n) is 0.836. The van der Waals surface area contributed by atoms with Crippen LogP contribution < -0.4 is 0 Å². The summed E-state index contributed by atoms with van der Waals surface area (Å²) in [6, 6.07) is 3.75. The van der Waals surface area contributed by atoms with E-state index in [-0.39, 0.29) is 0 Å². The van der Waals surface area contributed by atoms with Crippen molar-refractivity contribution in [3.05, 3.63) is 35.4 Å². The summed E-state index contributed by atoms with van der Waals surface area (Å²) in [5, 5.41) is 0. The summed E-state index contributed by atoms with van der Waals surface area (Å²) in [4.78, 5) is 3.93. The number of rotatable bonds is 0. The van der Waals surface area contributed by atoms with Crippen molar-refractivity contribution in [1.82, 2.24) is 4.98 Å². The van der Waals surface area contributed by atoms with Crippen LogP contribution in [0.4, 0.5) is 0 Å². The zero-order valence-corrected chi connectivity index (χ0v) is 5.85. The van der Waals surface area contributed by atoms with Gasteiger partial charge in [0.05, 0.1) is 0 Å². The van der Waals surface area contributed by atoms with Crippen LogP contribution in [0.1, 0.15) is 5.56 Å². The molecule has 1 radical (unpaired) electrons. The Bertz CT molecular complexity index is 165. The van der Waals surface area contributed by atoms with Gasteiger partial charge in [0.2, 0.25) is 0 Å². The van der Waals surface area contributed by atoms with E-state index in [1.165, 1.54) is 0 Å². The van der Waals surface area contributed by atoms with Gasteiger partial charge in [-0.15, -0.1) is 0 Å². The minimum Gasteiger partial charge on any atom is -0.249 e. The van der Waals surface area contributed by atoms with Crippen molar-refractivity contribution >= 4 is 15.9 Å². The summed E-state index contributed by atoms with van der Waals surface area (Å²) < 4.78 is 0.819. The predicted octanol–water partition coefficient (Wildman–Crippen LogP) is 2.03. The molecule has 0 saturated carbocycles. The molecule has 1 nitrogen and oxygen atoms in total. The molecule has 8 heavy (non-hydrogen) atoms. The van der Waals surface area contributed by atoms with Crippen LogP contribution in [0.25, 0.3) is 0 Å². The first kappa shape index (κ1) is 5.76. The van der Waals surface area contributed by atoms with E-state index in [0.29, 0.717) is 0 Å². The van der Waals surface area contributed by atoms with Crippen LogP contribution in [0.15, 0.2) is 22.9 Å². The van der Waals surface area contributed by atoms with Gasteiger partial charge in [-0.1, -0.05) is 6.07 Å². The van der Waals surface area contributed by atoms with Crippen LogP contribution in [0.5, 0.6) is 0 Å². The van der Waals surface area contributed by atoms with Crippen LogP contribution >= 0.6 is 15.9 Å². The Labute approximate surface area is 56.9 Å². The van der Waals surface area contributed by atoms with E-state index in [0.717, 1.165) is 10.2 Å². The topological polar surface area (TPSA) is 12.9 Å². The lowest BCUT2D eigenvalue weighted by atomic mass is 10.3. The highest BCUT2D eigenvalue weighted by Gasteiger charge is 1.88. The maximum Gasteiger partial charge on any atom is 0.109 e. The molecule has 0 aliphatic rings. The highest BCUT2D eigenvalue weighted by Crippen LogP contribution is 2.09. The molecule has 0 aliphatic heterocycles. The van der Waals surface area contributed by atoms with E-state index in [2.05, 4.69) is 27.8 Å². The molecule has 0 unspecified atom stereocenters. The largest absolute Gasteiger partial charge is 0.249 e. The minimum atomic E-state index is 0.819. The molecule has 0 saturated heterocycles. The van der Waals surface area contributed by atoms with Crippen LogP contribution in [0.2, 0.25) is 0 Å². The molecular formula is C6H5BrN. The number of pyridine rings is 1.